The van der Waals surface area contributed by atoms with E-state index in [9.17, 15) is 9.59 Å². The number of fused-ring (bicyclic) bond motifs is 3. The van der Waals surface area contributed by atoms with Gasteiger partial charge in [0.25, 0.3) is 11.8 Å². The average Bonchev–Trinajstić information content (AvgIpc) is 3.23. The van der Waals surface area contributed by atoms with Crippen molar-refractivity contribution in [3.05, 3.63) is 107 Å². The summed E-state index contributed by atoms with van der Waals surface area (Å²) in [5, 5.41) is 5.83. The van der Waals surface area contributed by atoms with Gasteiger partial charge in [-0.3, -0.25) is 9.59 Å². The lowest BCUT2D eigenvalue weighted by Crippen LogP contribution is -2.20. The van der Waals surface area contributed by atoms with E-state index in [4.69, 9.17) is 9.47 Å². The minimum absolute atomic E-state index is 0.0581. The molecule has 186 valence electrons. The number of anilines is 2. The first-order valence-corrected chi connectivity index (χ1v) is 12.2. The summed E-state index contributed by atoms with van der Waals surface area (Å²) in [6.45, 7) is 3.84. The van der Waals surface area contributed by atoms with Gasteiger partial charge in [0.15, 0.2) is 13.2 Å². The normalized spacial score (nSPS) is 11.3. The fraction of sp³-hybridized carbons (Fsp3) is 0.161. The molecule has 0 fully saturated rings. The van der Waals surface area contributed by atoms with Crippen molar-refractivity contribution in [1.82, 2.24) is 0 Å². The van der Waals surface area contributed by atoms with Gasteiger partial charge in [0.2, 0.25) is 0 Å². The van der Waals surface area contributed by atoms with E-state index < -0.39 is 0 Å². The summed E-state index contributed by atoms with van der Waals surface area (Å²) in [6, 6.07) is 27.0. The number of aryl methyl sites for hydroxylation is 2. The van der Waals surface area contributed by atoms with Crippen molar-refractivity contribution in [3.8, 4) is 22.6 Å². The minimum atomic E-state index is -0.213. The van der Waals surface area contributed by atoms with E-state index in [1.807, 2.05) is 98.8 Å². The van der Waals surface area contributed by atoms with Crippen LogP contribution in [0.3, 0.4) is 0 Å². The number of benzene rings is 4. The highest BCUT2D eigenvalue weighted by molar-refractivity contribution is 5.94. The van der Waals surface area contributed by atoms with E-state index in [0.29, 0.717) is 11.5 Å². The molecule has 6 nitrogen and oxygen atoms in total. The van der Waals surface area contributed by atoms with Crippen molar-refractivity contribution in [2.24, 2.45) is 0 Å². The van der Waals surface area contributed by atoms with Crippen LogP contribution in [0.4, 0.5) is 11.4 Å². The van der Waals surface area contributed by atoms with Crippen LogP contribution in [0.25, 0.3) is 11.1 Å². The van der Waals surface area contributed by atoms with Crippen LogP contribution in [0.2, 0.25) is 0 Å². The van der Waals surface area contributed by atoms with Crippen LogP contribution in [0.1, 0.15) is 22.3 Å². The molecule has 5 rings (SSSR count). The van der Waals surface area contributed by atoms with Gasteiger partial charge in [-0.25, -0.2) is 0 Å². The predicted octanol–water partition coefficient (Wildman–Crippen LogP) is 5.91. The third kappa shape index (κ3) is 5.98. The van der Waals surface area contributed by atoms with Gasteiger partial charge >= 0.3 is 0 Å². The second-order valence-corrected chi connectivity index (χ2v) is 9.23. The molecule has 0 atom stereocenters. The van der Waals surface area contributed by atoms with Gasteiger partial charge in [0.05, 0.1) is 0 Å². The van der Waals surface area contributed by atoms with Gasteiger partial charge < -0.3 is 20.1 Å². The summed E-state index contributed by atoms with van der Waals surface area (Å²) in [4.78, 5) is 24.8. The second kappa shape index (κ2) is 10.6. The Morgan fingerprint density at radius 2 is 1.11 bits per heavy atom. The van der Waals surface area contributed by atoms with Crippen LogP contribution in [0.5, 0.6) is 11.5 Å². The molecule has 0 aliphatic heterocycles. The zero-order valence-electron chi connectivity index (χ0n) is 20.8. The van der Waals surface area contributed by atoms with E-state index >= 15 is 0 Å². The Bertz CT molecular complexity index is 1370. The number of carbonyl (C=O) groups is 2. The number of ether oxygens (including phenoxy) is 2. The maximum Gasteiger partial charge on any atom is 0.262 e. The van der Waals surface area contributed by atoms with Crippen molar-refractivity contribution in [2.45, 2.75) is 20.3 Å². The highest BCUT2D eigenvalue weighted by atomic mass is 16.5. The smallest absolute Gasteiger partial charge is 0.262 e. The lowest BCUT2D eigenvalue weighted by atomic mass is 10.0. The van der Waals surface area contributed by atoms with Crippen molar-refractivity contribution < 1.29 is 19.1 Å². The first-order chi connectivity index (χ1) is 17.9. The van der Waals surface area contributed by atoms with Crippen molar-refractivity contribution in [1.29, 1.82) is 0 Å². The van der Waals surface area contributed by atoms with Gasteiger partial charge in [-0.15, -0.1) is 0 Å². The topological polar surface area (TPSA) is 76.7 Å². The number of carbonyl (C=O) groups excluding carboxylic acids is 2. The third-order valence-electron chi connectivity index (χ3n) is 6.17. The molecule has 4 aromatic rings. The van der Waals surface area contributed by atoms with Gasteiger partial charge in [-0.05, 0) is 102 Å². The summed E-state index contributed by atoms with van der Waals surface area (Å²) in [5.74, 6) is 0.915. The molecule has 0 saturated heterocycles. The monoisotopic (exact) mass is 492 g/mol. The number of amides is 2. The first kappa shape index (κ1) is 24.1. The number of hydrogen-bond donors (Lipinski definition) is 2. The summed E-state index contributed by atoms with van der Waals surface area (Å²) >= 11 is 0. The SMILES string of the molecule is Cc1cccc(OCC(=O)Nc2ccc3c(c2)Cc2cc(NC(=O)COc4cccc(C)c4)ccc2-3)c1. The van der Waals surface area contributed by atoms with Crippen LogP contribution in [0.15, 0.2) is 84.9 Å². The summed E-state index contributed by atoms with van der Waals surface area (Å²) < 4.78 is 11.2. The van der Waals surface area contributed by atoms with E-state index in [0.717, 1.165) is 51.2 Å². The zero-order valence-corrected chi connectivity index (χ0v) is 20.8. The van der Waals surface area contributed by atoms with Crippen LogP contribution in [0, 0.1) is 13.8 Å². The Hall–Kier alpha value is -4.58. The Kier molecular flexibility index (Phi) is 6.90. The molecule has 0 radical (unpaired) electrons. The van der Waals surface area contributed by atoms with E-state index in [2.05, 4.69) is 10.6 Å². The zero-order chi connectivity index (χ0) is 25.8. The van der Waals surface area contributed by atoms with E-state index in [1.165, 1.54) is 0 Å². The lowest BCUT2D eigenvalue weighted by molar-refractivity contribution is -0.118. The quantitative estimate of drug-likeness (QED) is 0.282. The molecular weight excluding hydrogens is 464 g/mol. The van der Waals surface area contributed by atoms with E-state index in [-0.39, 0.29) is 25.0 Å². The maximum absolute atomic E-state index is 12.4. The number of hydrogen-bond acceptors (Lipinski definition) is 4. The molecule has 0 saturated carbocycles. The molecule has 0 unspecified atom stereocenters. The molecule has 37 heavy (non-hydrogen) atoms. The molecule has 2 N–H and O–H groups in total. The number of rotatable bonds is 8. The molecule has 0 aromatic heterocycles. The highest BCUT2D eigenvalue weighted by Gasteiger charge is 2.20. The fourth-order valence-corrected chi connectivity index (χ4v) is 4.47. The Morgan fingerprint density at radius 1 is 0.649 bits per heavy atom. The van der Waals surface area contributed by atoms with Crippen molar-refractivity contribution in [3.63, 3.8) is 0 Å². The van der Waals surface area contributed by atoms with Crippen LogP contribution in [-0.2, 0) is 16.0 Å². The standard InChI is InChI=1S/C31H28N2O4/c1-20-5-3-7-26(13-20)36-18-30(34)32-24-9-11-28-22(16-24)15-23-17-25(10-12-29(23)28)33-31(35)19-37-27-8-4-6-21(2)14-27/h3-14,16-17H,15,18-19H2,1-2H3,(H,32,34)(H,33,35). The molecule has 1 aliphatic rings. The Labute approximate surface area is 216 Å². The van der Waals surface area contributed by atoms with E-state index in [1.54, 1.807) is 0 Å². The van der Waals surface area contributed by atoms with Gasteiger partial charge in [-0.1, -0.05) is 36.4 Å². The van der Waals surface area contributed by atoms with Crippen molar-refractivity contribution >= 4 is 23.2 Å². The number of nitrogens with one attached hydrogen (secondary N) is 2. The molecule has 6 heteroatoms. The van der Waals surface area contributed by atoms with Crippen molar-refractivity contribution in [2.75, 3.05) is 23.8 Å². The van der Waals surface area contributed by atoms with Crippen LogP contribution in [-0.4, -0.2) is 25.0 Å². The van der Waals surface area contributed by atoms with Gasteiger partial charge in [-0.2, -0.15) is 0 Å². The first-order valence-electron chi connectivity index (χ1n) is 12.2. The summed E-state index contributed by atoms with van der Waals surface area (Å²) in [7, 11) is 0. The lowest BCUT2D eigenvalue weighted by Gasteiger charge is -2.10. The van der Waals surface area contributed by atoms with Gasteiger partial charge in [0, 0.05) is 11.4 Å². The molecule has 0 spiro atoms. The molecular formula is C31H28N2O4. The third-order valence-corrected chi connectivity index (χ3v) is 6.17. The molecule has 2 amide bonds. The van der Waals surface area contributed by atoms with Crippen LogP contribution >= 0.6 is 0 Å². The van der Waals surface area contributed by atoms with Gasteiger partial charge in [0.1, 0.15) is 11.5 Å². The highest BCUT2D eigenvalue weighted by Crippen LogP contribution is 2.39. The Morgan fingerprint density at radius 3 is 1.54 bits per heavy atom. The largest absolute Gasteiger partial charge is 0.484 e. The average molecular weight is 493 g/mol. The minimum Gasteiger partial charge on any atom is -0.484 e. The summed E-state index contributed by atoms with van der Waals surface area (Å²) in [6.07, 6.45) is 0.720. The second-order valence-electron chi connectivity index (χ2n) is 9.23. The maximum atomic E-state index is 12.4. The molecule has 4 aromatic carbocycles. The van der Waals surface area contributed by atoms with Crippen LogP contribution < -0.4 is 20.1 Å². The molecule has 0 bridgehead atoms. The Balaban J connectivity index is 1.17. The molecule has 1 aliphatic carbocycles. The summed E-state index contributed by atoms with van der Waals surface area (Å²) in [5.41, 5.74) is 8.12. The fourth-order valence-electron chi connectivity index (χ4n) is 4.47. The predicted molar refractivity (Wildman–Crippen MR) is 145 cm³/mol. The molecule has 0 heterocycles.